The summed E-state index contributed by atoms with van der Waals surface area (Å²) in [5, 5.41) is 13.4. The van der Waals surface area contributed by atoms with Crippen LogP contribution in [0.4, 0.5) is 0 Å². The van der Waals surface area contributed by atoms with E-state index in [4.69, 9.17) is 0 Å². The molecule has 0 spiro atoms. The van der Waals surface area contributed by atoms with Gasteiger partial charge in [-0.2, -0.15) is 0 Å². The molecular formula is C7H11N5O. The van der Waals surface area contributed by atoms with E-state index in [2.05, 4.69) is 20.8 Å². The van der Waals surface area contributed by atoms with Crippen molar-refractivity contribution in [3.63, 3.8) is 0 Å². The fourth-order valence-corrected chi connectivity index (χ4v) is 0.774. The number of carbonyl (C=O) groups excluding carboxylic acids is 1. The molecule has 0 aliphatic carbocycles. The Morgan fingerprint density at radius 1 is 1.69 bits per heavy atom. The molecule has 0 bridgehead atoms. The van der Waals surface area contributed by atoms with E-state index in [1.165, 1.54) is 10.8 Å². The Balaban J connectivity index is 2.44. The zero-order chi connectivity index (χ0) is 9.68. The smallest absolute Gasteiger partial charge is 0.244 e. The Bertz CT molecular complexity index is 316. The topological polar surface area (TPSA) is 72.7 Å². The van der Waals surface area contributed by atoms with Gasteiger partial charge in [-0.05, 0) is 23.4 Å². The SMILES string of the molecule is C/C=C/C(=O)NCc1nnnn1C. The zero-order valence-corrected chi connectivity index (χ0v) is 7.56. The molecule has 1 aromatic rings. The summed E-state index contributed by atoms with van der Waals surface area (Å²) in [7, 11) is 1.72. The molecule has 13 heavy (non-hydrogen) atoms. The van der Waals surface area contributed by atoms with Crippen molar-refractivity contribution in [3.05, 3.63) is 18.0 Å². The van der Waals surface area contributed by atoms with Gasteiger partial charge in [-0.3, -0.25) is 4.79 Å². The number of carbonyl (C=O) groups is 1. The van der Waals surface area contributed by atoms with Crippen LogP contribution in [0.3, 0.4) is 0 Å². The second-order valence-electron chi connectivity index (χ2n) is 2.44. The zero-order valence-electron chi connectivity index (χ0n) is 7.56. The average Bonchev–Trinajstić information content (AvgIpc) is 2.48. The first kappa shape index (κ1) is 9.37. The Morgan fingerprint density at radius 2 is 2.46 bits per heavy atom. The van der Waals surface area contributed by atoms with Crippen molar-refractivity contribution in [1.82, 2.24) is 25.5 Å². The van der Waals surface area contributed by atoms with E-state index in [0.29, 0.717) is 12.4 Å². The number of aromatic nitrogens is 4. The molecule has 1 N–H and O–H groups in total. The molecule has 6 heteroatoms. The number of nitrogens with one attached hydrogen (secondary N) is 1. The molecule has 0 saturated carbocycles. The van der Waals surface area contributed by atoms with Crippen LogP contribution in [0.2, 0.25) is 0 Å². The van der Waals surface area contributed by atoms with Gasteiger partial charge in [0.1, 0.15) is 0 Å². The van der Waals surface area contributed by atoms with E-state index in [1.54, 1.807) is 20.0 Å². The molecule has 70 valence electrons. The fourth-order valence-electron chi connectivity index (χ4n) is 0.774. The van der Waals surface area contributed by atoms with Crippen LogP contribution in [0.1, 0.15) is 12.7 Å². The molecule has 0 atom stereocenters. The molecule has 0 aromatic carbocycles. The Labute approximate surface area is 75.6 Å². The van der Waals surface area contributed by atoms with Gasteiger partial charge >= 0.3 is 0 Å². The van der Waals surface area contributed by atoms with Crippen molar-refractivity contribution in [2.75, 3.05) is 0 Å². The number of hydrogen-bond donors (Lipinski definition) is 1. The van der Waals surface area contributed by atoms with E-state index < -0.39 is 0 Å². The largest absolute Gasteiger partial charge is 0.345 e. The predicted octanol–water partition coefficient (Wildman–Crippen LogP) is -0.598. The molecule has 0 fully saturated rings. The molecule has 1 rings (SSSR count). The fraction of sp³-hybridized carbons (Fsp3) is 0.429. The third-order valence-electron chi connectivity index (χ3n) is 1.45. The Hall–Kier alpha value is -1.72. The van der Waals surface area contributed by atoms with Crippen molar-refractivity contribution in [3.8, 4) is 0 Å². The van der Waals surface area contributed by atoms with E-state index >= 15 is 0 Å². The standard InChI is InChI=1S/C7H11N5O/c1-3-4-7(13)8-5-6-9-10-11-12(6)2/h3-4H,5H2,1-2H3,(H,8,13)/b4-3+. The molecular weight excluding hydrogens is 170 g/mol. The van der Waals surface area contributed by atoms with Crippen molar-refractivity contribution >= 4 is 5.91 Å². The highest BCUT2D eigenvalue weighted by atomic mass is 16.1. The maximum Gasteiger partial charge on any atom is 0.244 e. The summed E-state index contributed by atoms with van der Waals surface area (Å²) in [6.45, 7) is 2.12. The summed E-state index contributed by atoms with van der Waals surface area (Å²) in [5.41, 5.74) is 0. The van der Waals surface area contributed by atoms with Crippen molar-refractivity contribution in [2.24, 2.45) is 7.05 Å². The second kappa shape index (κ2) is 4.34. The molecule has 0 aliphatic heterocycles. The van der Waals surface area contributed by atoms with Gasteiger partial charge in [0.05, 0.1) is 6.54 Å². The molecule has 0 unspecified atom stereocenters. The van der Waals surface area contributed by atoms with Crippen molar-refractivity contribution in [1.29, 1.82) is 0 Å². The van der Waals surface area contributed by atoms with Crippen molar-refractivity contribution in [2.45, 2.75) is 13.5 Å². The van der Waals surface area contributed by atoms with Crippen LogP contribution >= 0.6 is 0 Å². The van der Waals surface area contributed by atoms with Gasteiger partial charge in [0.2, 0.25) is 5.91 Å². The third-order valence-corrected chi connectivity index (χ3v) is 1.45. The molecule has 0 aliphatic rings. The third kappa shape index (κ3) is 2.66. The molecule has 1 heterocycles. The summed E-state index contributed by atoms with van der Waals surface area (Å²) in [4.78, 5) is 11.0. The van der Waals surface area contributed by atoms with Crippen LogP contribution in [0, 0.1) is 0 Å². The second-order valence-corrected chi connectivity index (χ2v) is 2.44. The van der Waals surface area contributed by atoms with Gasteiger partial charge in [-0.25, -0.2) is 4.68 Å². The Morgan fingerprint density at radius 3 is 3.00 bits per heavy atom. The quantitative estimate of drug-likeness (QED) is 0.632. The number of hydrogen-bond acceptors (Lipinski definition) is 4. The van der Waals surface area contributed by atoms with Gasteiger partial charge < -0.3 is 5.32 Å². The lowest BCUT2D eigenvalue weighted by molar-refractivity contribution is -0.116. The van der Waals surface area contributed by atoms with Gasteiger partial charge in [0.25, 0.3) is 0 Å². The van der Waals surface area contributed by atoms with E-state index in [0.717, 1.165) is 0 Å². The summed E-state index contributed by atoms with van der Waals surface area (Å²) in [6.07, 6.45) is 3.12. The van der Waals surface area contributed by atoms with Crippen molar-refractivity contribution < 1.29 is 4.79 Å². The van der Waals surface area contributed by atoms with Gasteiger partial charge in [-0.15, -0.1) is 5.10 Å². The minimum Gasteiger partial charge on any atom is -0.345 e. The first-order valence-corrected chi connectivity index (χ1v) is 3.86. The maximum atomic E-state index is 11.0. The monoisotopic (exact) mass is 181 g/mol. The van der Waals surface area contributed by atoms with Crippen LogP contribution in [-0.4, -0.2) is 26.1 Å². The van der Waals surface area contributed by atoms with Crippen LogP contribution < -0.4 is 5.32 Å². The minimum atomic E-state index is -0.148. The summed E-state index contributed by atoms with van der Waals surface area (Å²) < 4.78 is 1.51. The lowest BCUT2D eigenvalue weighted by atomic mass is 10.5. The van der Waals surface area contributed by atoms with E-state index in [1.807, 2.05) is 0 Å². The molecule has 1 amide bonds. The molecule has 0 radical (unpaired) electrons. The lowest BCUT2D eigenvalue weighted by Gasteiger charge is -1.98. The summed E-state index contributed by atoms with van der Waals surface area (Å²) in [5.74, 6) is 0.475. The maximum absolute atomic E-state index is 11.0. The van der Waals surface area contributed by atoms with Crippen LogP contribution in [0.25, 0.3) is 0 Å². The summed E-state index contributed by atoms with van der Waals surface area (Å²) in [6, 6.07) is 0. The number of aryl methyl sites for hydroxylation is 1. The minimum absolute atomic E-state index is 0.148. The number of rotatable bonds is 3. The van der Waals surface area contributed by atoms with Gasteiger partial charge in [-0.1, -0.05) is 6.08 Å². The predicted molar refractivity (Wildman–Crippen MR) is 45.5 cm³/mol. The highest BCUT2D eigenvalue weighted by Crippen LogP contribution is 1.86. The number of tetrazole rings is 1. The highest BCUT2D eigenvalue weighted by molar-refractivity contribution is 5.87. The first-order chi connectivity index (χ1) is 6.24. The number of nitrogens with zero attached hydrogens (tertiary/aromatic N) is 4. The number of allylic oxidation sites excluding steroid dienone is 1. The lowest BCUT2D eigenvalue weighted by Crippen LogP contribution is -2.22. The van der Waals surface area contributed by atoms with E-state index in [-0.39, 0.29) is 5.91 Å². The van der Waals surface area contributed by atoms with E-state index in [9.17, 15) is 4.79 Å². The van der Waals surface area contributed by atoms with Crippen LogP contribution in [0.5, 0.6) is 0 Å². The van der Waals surface area contributed by atoms with Gasteiger partial charge in [0, 0.05) is 7.05 Å². The summed E-state index contributed by atoms with van der Waals surface area (Å²) >= 11 is 0. The van der Waals surface area contributed by atoms with Crippen LogP contribution in [-0.2, 0) is 18.4 Å². The molecule has 0 saturated heterocycles. The van der Waals surface area contributed by atoms with Crippen LogP contribution in [0.15, 0.2) is 12.2 Å². The molecule has 6 nitrogen and oxygen atoms in total. The first-order valence-electron chi connectivity index (χ1n) is 3.86. The highest BCUT2D eigenvalue weighted by Gasteiger charge is 2.02. The van der Waals surface area contributed by atoms with Gasteiger partial charge in [0.15, 0.2) is 5.82 Å². The average molecular weight is 181 g/mol. The molecule has 1 aromatic heterocycles. The Kier molecular flexibility index (Phi) is 3.13. The normalized spacial score (nSPS) is 10.6. The number of amides is 1.